The van der Waals surface area contributed by atoms with Crippen LogP contribution in [0, 0.1) is 6.92 Å². The number of likely N-dealkylation sites (tertiary alicyclic amines) is 1. The van der Waals surface area contributed by atoms with Gasteiger partial charge >= 0.3 is 6.09 Å². The van der Waals surface area contributed by atoms with Crippen LogP contribution >= 0.6 is 22.9 Å². The Morgan fingerprint density at radius 1 is 1.19 bits per heavy atom. The highest BCUT2D eigenvalue weighted by Crippen LogP contribution is 2.23. The number of carbonyl (C=O) groups is 3. The zero-order chi connectivity index (χ0) is 26.9. The monoisotopic (exact) mass is 544 g/mol. The fraction of sp³-hybridized carbons (Fsp3) is 0.385. The lowest BCUT2D eigenvalue weighted by Gasteiger charge is -2.27. The fourth-order valence-electron chi connectivity index (χ4n) is 4.12. The Kier molecular flexibility index (Phi) is 7.61. The van der Waals surface area contributed by atoms with E-state index in [4.69, 9.17) is 16.3 Å². The third-order valence-electron chi connectivity index (χ3n) is 5.92. The number of amides is 3. The number of ether oxygens (including phenoxy) is 1. The second-order valence-electron chi connectivity index (χ2n) is 9.93. The molecule has 0 spiro atoms. The average molecular weight is 545 g/mol. The van der Waals surface area contributed by atoms with Crippen LogP contribution in [0.2, 0.25) is 5.02 Å². The van der Waals surface area contributed by atoms with E-state index in [1.807, 2.05) is 18.4 Å². The number of carbonyl (C=O) groups excluding carboxylic acids is 3. The van der Waals surface area contributed by atoms with Gasteiger partial charge in [-0.1, -0.05) is 11.6 Å². The summed E-state index contributed by atoms with van der Waals surface area (Å²) < 4.78 is 5.36. The smallest absolute Gasteiger partial charge is 0.426 e. The SMILES string of the molecule is Cc1ccsc1CN(NC(=O)OC(C)(C)C)C(=O)c1c(C(=O)N2CCCC2)[nH]c2cc(Cl)ccc2c1=O. The molecule has 0 bridgehead atoms. The second kappa shape index (κ2) is 10.5. The van der Waals surface area contributed by atoms with Gasteiger partial charge in [0, 0.05) is 28.4 Å². The normalized spacial score (nSPS) is 13.6. The summed E-state index contributed by atoms with van der Waals surface area (Å²) in [7, 11) is 0. The van der Waals surface area contributed by atoms with E-state index in [-0.39, 0.29) is 23.2 Å². The number of hydrogen-bond donors (Lipinski definition) is 2. The van der Waals surface area contributed by atoms with Gasteiger partial charge in [0.05, 0.1) is 12.1 Å². The van der Waals surface area contributed by atoms with Crippen molar-refractivity contribution in [2.24, 2.45) is 0 Å². The van der Waals surface area contributed by atoms with Crippen molar-refractivity contribution in [3.8, 4) is 0 Å². The summed E-state index contributed by atoms with van der Waals surface area (Å²) in [5.41, 5.74) is 1.83. The number of aromatic amines is 1. The molecule has 11 heteroatoms. The van der Waals surface area contributed by atoms with Gasteiger partial charge < -0.3 is 14.6 Å². The highest BCUT2D eigenvalue weighted by Gasteiger charge is 2.32. The molecule has 1 aromatic carbocycles. The number of fused-ring (bicyclic) bond motifs is 1. The maximum atomic E-state index is 14.0. The number of hydrogen-bond acceptors (Lipinski definition) is 6. The Morgan fingerprint density at radius 2 is 1.89 bits per heavy atom. The van der Waals surface area contributed by atoms with E-state index >= 15 is 0 Å². The minimum atomic E-state index is -0.855. The van der Waals surface area contributed by atoms with Gasteiger partial charge in [0.2, 0.25) is 5.43 Å². The molecule has 0 unspecified atom stereocenters. The molecule has 1 fully saturated rings. The summed E-state index contributed by atoms with van der Waals surface area (Å²) in [4.78, 5) is 59.3. The van der Waals surface area contributed by atoms with E-state index in [0.717, 1.165) is 28.3 Å². The highest BCUT2D eigenvalue weighted by molar-refractivity contribution is 7.10. The van der Waals surface area contributed by atoms with Crippen LogP contribution in [0.1, 0.15) is 64.9 Å². The fourth-order valence-corrected chi connectivity index (χ4v) is 5.19. The largest absolute Gasteiger partial charge is 0.443 e. The summed E-state index contributed by atoms with van der Waals surface area (Å²) in [6.07, 6.45) is 0.817. The summed E-state index contributed by atoms with van der Waals surface area (Å²) in [6, 6.07) is 6.48. The van der Waals surface area contributed by atoms with Crippen molar-refractivity contribution >= 4 is 51.7 Å². The van der Waals surface area contributed by atoms with Crippen molar-refractivity contribution in [3.05, 3.63) is 66.6 Å². The minimum absolute atomic E-state index is 0.0168. The molecule has 196 valence electrons. The van der Waals surface area contributed by atoms with E-state index in [0.29, 0.717) is 23.6 Å². The predicted octanol–water partition coefficient (Wildman–Crippen LogP) is 4.87. The molecule has 0 saturated carbocycles. The quantitative estimate of drug-likeness (QED) is 0.455. The van der Waals surface area contributed by atoms with E-state index in [9.17, 15) is 19.2 Å². The summed E-state index contributed by atoms with van der Waals surface area (Å²) >= 11 is 7.54. The Labute approximate surface area is 223 Å². The molecule has 3 amide bonds. The molecule has 1 aliphatic heterocycles. The van der Waals surface area contributed by atoms with Crippen molar-refractivity contribution in [1.82, 2.24) is 20.3 Å². The van der Waals surface area contributed by atoms with Gasteiger partial charge in [0.1, 0.15) is 16.9 Å². The zero-order valence-electron chi connectivity index (χ0n) is 21.1. The first kappa shape index (κ1) is 26.7. The van der Waals surface area contributed by atoms with Gasteiger partial charge in [-0.15, -0.1) is 11.3 Å². The van der Waals surface area contributed by atoms with Gasteiger partial charge in [-0.25, -0.2) is 15.2 Å². The van der Waals surface area contributed by atoms with E-state index in [1.54, 1.807) is 37.8 Å². The number of aryl methyl sites for hydroxylation is 1. The minimum Gasteiger partial charge on any atom is -0.443 e. The van der Waals surface area contributed by atoms with Crippen LogP contribution in [0.4, 0.5) is 4.79 Å². The standard InChI is InChI=1S/C26H29ClN4O5S/c1-15-9-12-37-19(15)14-31(29-25(35)36-26(2,3)4)23(33)20-21(24(34)30-10-5-6-11-30)28-18-13-16(27)7-8-17(18)22(20)32/h7-9,12-13H,5-6,10-11,14H2,1-4H3,(H,28,32)(H,29,35). The van der Waals surface area contributed by atoms with Crippen molar-refractivity contribution in [3.63, 3.8) is 0 Å². The number of hydrazine groups is 1. The summed E-state index contributed by atoms with van der Waals surface area (Å²) in [6.45, 7) is 8.02. The Morgan fingerprint density at radius 3 is 2.51 bits per heavy atom. The van der Waals surface area contributed by atoms with Gasteiger partial charge in [0.25, 0.3) is 11.8 Å². The van der Waals surface area contributed by atoms with Crippen LogP contribution in [0.15, 0.2) is 34.4 Å². The predicted molar refractivity (Wildman–Crippen MR) is 143 cm³/mol. The molecule has 1 saturated heterocycles. The first-order valence-corrected chi connectivity index (χ1v) is 13.2. The van der Waals surface area contributed by atoms with Crippen molar-refractivity contribution in [1.29, 1.82) is 0 Å². The molecule has 0 aliphatic carbocycles. The highest BCUT2D eigenvalue weighted by atomic mass is 35.5. The molecule has 9 nitrogen and oxygen atoms in total. The molecule has 4 rings (SSSR count). The van der Waals surface area contributed by atoms with Crippen LogP contribution in [-0.2, 0) is 11.3 Å². The maximum absolute atomic E-state index is 14.0. The Bertz CT molecular complexity index is 1420. The zero-order valence-corrected chi connectivity index (χ0v) is 22.7. The maximum Gasteiger partial charge on any atom is 0.426 e. The van der Waals surface area contributed by atoms with Crippen LogP contribution in [0.3, 0.4) is 0 Å². The number of pyridine rings is 1. The molecular formula is C26H29ClN4O5S. The van der Waals surface area contributed by atoms with E-state index < -0.39 is 28.9 Å². The molecule has 0 atom stereocenters. The number of rotatable bonds is 4. The number of thiophene rings is 1. The lowest BCUT2D eigenvalue weighted by Crippen LogP contribution is -2.49. The third kappa shape index (κ3) is 5.97. The topological polar surface area (TPSA) is 112 Å². The average Bonchev–Trinajstić information content (AvgIpc) is 3.48. The Balaban J connectivity index is 1.83. The molecular weight excluding hydrogens is 516 g/mol. The number of aromatic nitrogens is 1. The summed E-state index contributed by atoms with van der Waals surface area (Å²) in [5, 5.41) is 3.48. The molecule has 3 aromatic rings. The van der Waals surface area contributed by atoms with E-state index in [1.165, 1.54) is 17.4 Å². The molecule has 2 N–H and O–H groups in total. The van der Waals surface area contributed by atoms with Gasteiger partial charge in [-0.05, 0) is 75.7 Å². The lowest BCUT2D eigenvalue weighted by molar-refractivity contribution is 0.0281. The summed E-state index contributed by atoms with van der Waals surface area (Å²) in [5.74, 6) is -1.27. The molecule has 37 heavy (non-hydrogen) atoms. The van der Waals surface area contributed by atoms with Gasteiger partial charge in [-0.3, -0.25) is 14.4 Å². The lowest BCUT2D eigenvalue weighted by atomic mass is 10.1. The molecule has 0 radical (unpaired) electrons. The first-order valence-electron chi connectivity index (χ1n) is 11.9. The van der Waals surface area contributed by atoms with Crippen molar-refractivity contribution in [2.45, 2.75) is 52.7 Å². The van der Waals surface area contributed by atoms with Crippen LogP contribution in [0.25, 0.3) is 10.9 Å². The van der Waals surface area contributed by atoms with Gasteiger partial charge in [-0.2, -0.15) is 0 Å². The molecule has 3 heterocycles. The Hall–Kier alpha value is -3.37. The number of benzene rings is 1. The number of halogens is 1. The van der Waals surface area contributed by atoms with Crippen LogP contribution in [-0.4, -0.2) is 51.5 Å². The second-order valence-corrected chi connectivity index (χ2v) is 11.4. The third-order valence-corrected chi connectivity index (χ3v) is 7.17. The molecule has 2 aromatic heterocycles. The van der Waals surface area contributed by atoms with Crippen LogP contribution in [0.5, 0.6) is 0 Å². The van der Waals surface area contributed by atoms with Crippen molar-refractivity contribution in [2.75, 3.05) is 13.1 Å². The number of nitrogens with one attached hydrogen (secondary N) is 2. The van der Waals surface area contributed by atoms with Crippen LogP contribution < -0.4 is 10.9 Å². The van der Waals surface area contributed by atoms with E-state index in [2.05, 4.69) is 10.4 Å². The van der Waals surface area contributed by atoms with Gasteiger partial charge in [0.15, 0.2) is 0 Å². The first-order chi connectivity index (χ1) is 17.4. The van der Waals surface area contributed by atoms with Crippen molar-refractivity contribution < 1.29 is 19.1 Å². The molecule has 1 aliphatic rings. The number of nitrogens with zero attached hydrogens (tertiary/aromatic N) is 2. The number of H-pyrrole nitrogens is 1.